The molecule has 1 saturated carbocycles. The van der Waals surface area contributed by atoms with Crippen molar-refractivity contribution in [3.63, 3.8) is 0 Å². The summed E-state index contributed by atoms with van der Waals surface area (Å²) in [6, 6.07) is 6.32. The van der Waals surface area contributed by atoms with Crippen LogP contribution >= 0.6 is 12.0 Å². The van der Waals surface area contributed by atoms with Crippen LogP contribution in [0, 0.1) is 17.7 Å². The van der Waals surface area contributed by atoms with Crippen molar-refractivity contribution < 1.29 is 13.4 Å². The Balaban J connectivity index is 1.81. The predicted octanol–water partition coefficient (Wildman–Crippen LogP) is 4.59. The van der Waals surface area contributed by atoms with Crippen molar-refractivity contribution >= 4 is 18.0 Å². The van der Waals surface area contributed by atoms with Gasteiger partial charge in [-0.15, -0.1) is 0 Å². The summed E-state index contributed by atoms with van der Waals surface area (Å²) in [5, 5.41) is 0. The largest absolute Gasteiger partial charge is 0.386 e. The summed E-state index contributed by atoms with van der Waals surface area (Å²) in [7, 11) is 0. The minimum atomic E-state index is -0.352. The molecule has 2 nitrogen and oxygen atoms in total. The lowest BCUT2D eigenvalue weighted by Crippen LogP contribution is -2.22. The summed E-state index contributed by atoms with van der Waals surface area (Å²) in [5.41, 5.74) is 0. The van der Waals surface area contributed by atoms with Crippen LogP contribution in [0.5, 0.6) is 0 Å². The van der Waals surface area contributed by atoms with Gasteiger partial charge < -0.3 is 4.18 Å². The highest BCUT2D eigenvalue weighted by molar-refractivity contribution is 7.95. The van der Waals surface area contributed by atoms with Gasteiger partial charge in [-0.3, -0.25) is 4.79 Å². The molecule has 0 radical (unpaired) electrons. The Kier molecular flexibility index (Phi) is 5.25. The zero-order valence-corrected chi connectivity index (χ0v) is 11.9. The molecule has 19 heavy (non-hydrogen) atoms. The number of hydrogen-bond acceptors (Lipinski definition) is 3. The van der Waals surface area contributed by atoms with Crippen molar-refractivity contribution in [2.24, 2.45) is 11.8 Å². The van der Waals surface area contributed by atoms with E-state index in [0.29, 0.717) is 4.90 Å². The summed E-state index contributed by atoms with van der Waals surface area (Å²) in [6.45, 7) is 2.19. The molecule has 0 saturated heterocycles. The van der Waals surface area contributed by atoms with E-state index in [1.165, 1.54) is 12.5 Å². The van der Waals surface area contributed by atoms with Gasteiger partial charge in [0.1, 0.15) is 5.82 Å². The van der Waals surface area contributed by atoms with Gasteiger partial charge in [0.25, 0.3) is 0 Å². The highest BCUT2D eigenvalue weighted by Gasteiger charge is 2.27. The molecule has 4 heteroatoms. The van der Waals surface area contributed by atoms with Gasteiger partial charge in [-0.2, -0.15) is 0 Å². The Morgan fingerprint density at radius 1 is 1.32 bits per heavy atom. The number of carbonyl (C=O) groups excluding carboxylic acids is 1. The fourth-order valence-corrected chi connectivity index (χ4v) is 3.06. The first-order chi connectivity index (χ1) is 9.20. The standard InChI is InChI=1S/C15H19FO2S/c1-2-11-7-9-12(10-8-11)15(17)18-19-14-6-4-3-5-13(14)16/h3-6,11-12H,2,7-10H2,1H3. The van der Waals surface area contributed by atoms with Crippen LogP contribution in [0.1, 0.15) is 39.0 Å². The van der Waals surface area contributed by atoms with E-state index in [0.717, 1.165) is 43.6 Å². The number of carbonyl (C=O) groups is 1. The molecule has 1 aliphatic carbocycles. The average molecular weight is 282 g/mol. The van der Waals surface area contributed by atoms with Gasteiger partial charge in [0.05, 0.1) is 22.9 Å². The summed E-state index contributed by atoms with van der Waals surface area (Å²) in [6.07, 6.45) is 5.18. The third kappa shape index (κ3) is 3.96. The molecule has 0 N–H and O–H groups in total. The molecular formula is C15H19FO2S. The fraction of sp³-hybridized carbons (Fsp3) is 0.533. The number of hydrogen-bond donors (Lipinski definition) is 0. The summed E-state index contributed by atoms with van der Waals surface area (Å²) < 4.78 is 18.5. The first-order valence-electron chi connectivity index (χ1n) is 6.83. The zero-order valence-electron chi connectivity index (χ0n) is 11.1. The molecule has 1 aromatic carbocycles. The molecule has 0 bridgehead atoms. The molecule has 2 rings (SSSR count). The van der Waals surface area contributed by atoms with Crippen LogP contribution < -0.4 is 0 Å². The maximum atomic E-state index is 13.4. The number of benzene rings is 1. The Morgan fingerprint density at radius 3 is 2.63 bits per heavy atom. The Labute approximate surface area is 117 Å². The van der Waals surface area contributed by atoms with Crippen LogP contribution in [0.15, 0.2) is 29.2 Å². The Hall–Kier alpha value is -1.03. The van der Waals surface area contributed by atoms with Gasteiger partial charge >= 0.3 is 5.97 Å². The first-order valence-corrected chi connectivity index (χ1v) is 7.57. The quantitative estimate of drug-likeness (QED) is 0.755. The van der Waals surface area contributed by atoms with Gasteiger partial charge in [0, 0.05) is 0 Å². The normalized spacial score (nSPS) is 23.1. The molecule has 0 aromatic heterocycles. The van der Waals surface area contributed by atoms with E-state index >= 15 is 0 Å². The maximum Gasteiger partial charge on any atom is 0.321 e. The van der Waals surface area contributed by atoms with Crippen LogP contribution in [0.4, 0.5) is 4.39 Å². The van der Waals surface area contributed by atoms with Crippen LogP contribution in [0.25, 0.3) is 0 Å². The van der Waals surface area contributed by atoms with Crippen molar-refractivity contribution in [1.82, 2.24) is 0 Å². The van der Waals surface area contributed by atoms with Crippen molar-refractivity contribution in [2.45, 2.75) is 43.9 Å². The van der Waals surface area contributed by atoms with E-state index in [4.69, 9.17) is 4.18 Å². The molecule has 0 amide bonds. The molecular weight excluding hydrogens is 263 g/mol. The molecule has 1 aliphatic rings. The lowest BCUT2D eigenvalue weighted by atomic mass is 9.81. The van der Waals surface area contributed by atoms with Gasteiger partial charge in [0.2, 0.25) is 0 Å². The second-order valence-electron chi connectivity index (χ2n) is 5.04. The minimum Gasteiger partial charge on any atom is -0.386 e. The molecule has 0 unspecified atom stereocenters. The Bertz CT molecular complexity index is 428. The van der Waals surface area contributed by atoms with E-state index in [-0.39, 0.29) is 17.7 Å². The minimum absolute atomic E-state index is 0.0120. The number of halogens is 1. The first kappa shape index (κ1) is 14.4. The maximum absolute atomic E-state index is 13.4. The van der Waals surface area contributed by atoms with E-state index in [1.807, 2.05) is 0 Å². The van der Waals surface area contributed by atoms with Crippen molar-refractivity contribution in [1.29, 1.82) is 0 Å². The third-order valence-corrected chi connectivity index (χ3v) is 4.57. The number of rotatable bonds is 4. The molecule has 104 valence electrons. The molecule has 1 fully saturated rings. The lowest BCUT2D eigenvalue weighted by molar-refractivity contribution is -0.138. The SMILES string of the molecule is CCC1CCC(C(=O)OSc2ccccc2F)CC1. The van der Waals surface area contributed by atoms with Crippen LogP contribution in [-0.4, -0.2) is 5.97 Å². The van der Waals surface area contributed by atoms with Gasteiger partial charge in [-0.1, -0.05) is 25.5 Å². The van der Waals surface area contributed by atoms with Crippen LogP contribution in [0.2, 0.25) is 0 Å². The van der Waals surface area contributed by atoms with Gasteiger partial charge in [-0.05, 0) is 43.7 Å². The monoisotopic (exact) mass is 282 g/mol. The van der Waals surface area contributed by atoms with Crippen molar-refractivity contribution in [2.75, 3.05) is 0 Å². The third-order valence-electron chi connectivity index (χ3n) is 3.81. The molecule has 0 atom stereocenters. The van der Waals surface area contributed by atoms with Crippen molar-refractivity contribution in [3.8, 4) is 0 Å². The summed E-state index contributed by atoms with van der Waals surface area (Å²) in [4.78, 5) is 12.3. The summed E-state index contributed by atoms with van der Waals surface area (Å²) in [5.74, 6) is 0.183. The zero-order chi connectivity index (χ0) is 13.7. The molecule has 0 aliphatic heterocycles. The van der Waals surface area contributed by atoms with E-state index in [2.05, 4.69) is 6.92 Å². The summed E-state index contributed by atoms with van der Waals surface area (Å²) >= 11 is 0.831. The van der Waals surface area contributed by atoms with Crippen LogP contribution in [0.3, 0.4) is 0 Å². The predicted molar refractivity (Wildman–Crippen MR) is 74.1 cm³/mol. The van der Waals surface area contributed by atoms with E-state index in [1.54, 1.807) is 18.2 Å². The van der Waals surface area contributed by atoms with E-state index in [9.17, 15) is 9.18 Å². The molecule has 0 heterocycles. The average Bonchev–Trinajstić information content (AvgIpc) is 2.46. The fourth-order valence-electron chi connectivity index (χ4n) is 2.47. The Morgan fingerprint density at radius 2 is 2.00 bits per heavy atom. The van der Waals surface area contributed by atoms with Crippen LogP contribution in [-0.2, 0) is 8.98 Å². The van der Waals surface area contributed by atoms with E-state index < -0.39 is 0 Å². The highest BCUT2D eigenvalue weighted by atomic mass is 32.2. The van der Waals surface area contributed by atoms with Gasteiger partial charge in [-0.25, -0.2) is 4.39 Å². The highest BCUT2D eigenvalue weighted by Crippen LogP contribution is 2.33. The second kappa shape index (κ2) is 6.94. The smallest absolute Gasteiger partial charge is 0.321 e. The molecule has 1 aromatic rings. The topological polar surface area (TPSA) is 26.3 Å². The molecule has 0 spiro atoms. The lowest BCUT2D eigenvalue weighted by Gasteiger charge is -2.25. The van der Waals surface area contributed by atoms with Crippen molar-refractivity contribution in [3.05, 3.63) is 30.1 Å². The second-order valence-corrected chi connectivity index (χ2v) is 5.82. The van der Waals surface area contributed by atoms with Gasteiger partial charge in [0.15, 0.2) is 0 Å².